The molecule has 106 valence electrons. The highest BCUT2D eigenvalue weighted by atomic mass is 19.4. The van der Waals surface area contributed by atoms with Crippen LogP contribution in [-0.2, 0) is 6.18 Å². The number of amides is 1. The van der Waals surface area contributed by atoms with E-state index >= 15 is 0 Å². The van der Waals surface area contributed by atoms with E-state index in [2.05, 4.69) is 10.00 Å². The topological polar surface area (TPSA) is 52.2 Å². The lowest BCUT2D eigenvalue weighted by molar-refractivity contribution is -0.141. The zero-order valence-corrected chi connectivity index (χ0v) is 10.7. The summed E-state index contributed by atoms with van der Waals surface area (Å²) in [7, 11) is 3.53. The van der Waals surface area contributed by atoms with Gasteiger partial charge < -0.3 is 9.80 Å². The van der Waals surface area contributed by atoms with Crippen LogP contribution in [0.4, 0.5) is 13.2 Å². The Morgan fingerprint density at radius 2 is 2.26 bits per heavy atom. The molecule has 1 aliphatic rings. The summed E-state index contributed by atoms with van der Waals surface area (Å²) in [5, 5.41) is 5.29. The van der Waals surface area contributed by atoms with E-state index in [4.69, 9.17) is 0 Å². The number of carbonyl (C=O) groups excluding carboxylic acids is 1. The van der Waals surface area contributed by atoms with Crippen LogP contribution >= 0.6 is 0 Å². The molecular weight excluding hydrogens is 261 g/mol. The number of aromatic nitrogens is 2. The molecule has 1 N–H and O–H groups in total. The molecule has 1 aromatic heterocycles. The van der Waals surface area contributed by atoms with Gasteiger partial charge in [0.25, 0.3) is 5.91 Å². The number of rotatable bonds is 2. The first kappa shape index (κ1) is 13.9. The van der Waals surface area contributed by atoms with Gasteiger partial charge in [-0.25, -0.2) is 0 Å². The molecule has 1 aliphatic heterocycles. The molecule has 19 heavy (non-hydrogen) atoms. The highest BCUT2D eigenvalue weighted by Crippen LogP contribution is 2.28. The molecule has 0 aromatic carbocycles. The number of alkyl halides is 3. The summed E-state index contributed by atoms with van der Waals surface area (Å²) >= 11 is 0. The number of nitrogens with zero attached hydrogens (tertiary/aromatic N) is 3. The largest absolute Gasteiger partial charge is 0.432 e. The molecule has 2 heterocycles. The van der Waals surface area contributed by atoms with Crippen molar-refractivity contribution in [1.82, 2.24) is 20.0 Å². The second kappa shape index (κ2) is 4.84. The second-order valence-electron chi connectivity index (χ2n) is 4.79. The molecule has 0 spiro atoms. The SMILES string of the molecule is CN1CC[C@@H](N(C)C(=O)c2cc(C(F)(F)F)[nH]n2)C1. The van der Waals surface area contributed by atoms with E-state index in [-0.39, 0.29) is 11.7 Å². The Balaban J connectivity index is 2.09. The summed E-state index contributed by atoms with van der Waals surface area (Å²) in [5.74, 6) is -0.493. The molecule has 1 aromatic rings. The third kappa shape index (κ3) is 2.89. The number of H-pyrrole nitrogens is 1. The summed E-state index contributed by atoms with van der Waals surface area (Å²) < 4.78 is 37.2. The molecule has 0 aliphatic carbocycles. The third-order valence-electron chi connectivity index (χ3n) is 3.34. The van der Waals surface area contributed by atoms with Crippen LogP contribution in [0.15, 0.2) is 6.07 Å². The number of hydrogen-bond acceptors (Lipinski definition) is 3. The van der Waals surface area contributed by atoms with Crippen molar-refractivity contribution in [3.63, 3.8) is 0 Å². The van der Waals surface area contributed by atoms with Gasteiger partial charge in [-0.2, -0.15) is 18.3 Å². The molecule has 0 unspecified atom stereocenters. The fraction of sp³-hybridized carbons (Fsp3) is 0.636. The van der Waals surface area contributed by atoms with E-state index in [1.165, 1.54) is 4.90 Å². The Morgan fingerprint density at radius 1 is 1.58 bits per heavy atom. The van der Waals surface area contributed by atoms with Gasteiger partial charge in [0.1, 0.15) is 5.69 Å². The lowest BCUT2D eigenvalue weighted by atomic mass is 10.2. The number of carbonyl (C=O) groups is 1. The normalized spacial score (nSPS) is 20.8. The van der Waals surface area contributed by atoms with Gasteiger partial charge in [0.05, 0.1) is 0 Å². The molecule has 1 saturated heterocycles. The molecule has 1 fully saturated rings. The Kier molecular flexibility index (Phi) is 3.53. The second-order valence-corrected chi connectivity index (χ2v) is 4.79. The van der Waals surface area contributed by atoms with Crippen LogP contribution in [0.25, 0.3) is 0 Å². The van der Waals surface area contributed by atoms with Gasteiger partial charge in [-0.15, -0.1) is 0 Å². The molecular formula is C11H15F3N4O. The van der Waals surface area contributed by atoms with Gasteiger partial charge in [-0.05, 0) is 20.0 Å². The van der Waals surface area contributed by atoms with E-state index < -0.39 is 17.8 Å². The Labute approximate surface area is 108 Å². The van der Waals surface area contributed by atoms with E-state index in [0.717, 1.165) is 25.6 Å². The van der Waals surface area contributed by atoms with Crippen molar-refractivity contribution in [2.24, 2.45) is 0 Å². The van der Waals surface area contributed by atoms with E-state index in [0.29, 0.717) is 0 Å². The average Bonchev–Trinajstić information content (AvgIpc) is 2.94. The third-order valence-corrected chi connectivity index (χ3v) is 3.34. The highest BCUT2D eigenvalue weighted by molar-refractivity contribution is 5.92. The minimum Gasteiger partial charge on any atom is -0.336 e. The van der Waals surface area contributed by atoms with Gasteiger partial charge in [0.15, 0.2) is 5.69 Å². The minimum atomic E-state index is -4.52. The maximum atomic E-state index is 12.4. The molecule has 1 atom stereocenters. The van der Waals surface area contributed by atoms with E-state index in [9.17, 15) is 18.0 Å². The molecule has 1 amide bonds. The van der Waals surface area contributed by atoms with Crippen molar-refractivity contribution < 1.29 is 18.0 Å². The van der Waals surface area contributed by atoms with Gasteiger partial charge in [-0.1, -0.05) is 0 Å². The molecule has 0 radical (unpaired) electrons. The first-order chi connectivity index (χ1) is 8.79. The van der Waals surface area contributed by atoms with Crippen LogP contribution in [-0.4, -0.2) is 59.1 Å². The van der Waals surface area contributed by atoms with E-state index in [1.54, 1.807) is 7.05 Å². The lowest BCUT2D eigenvalue weighted by Gasteiger charge is -2.23. The quantitative estimate of drug-likeness (QED) is 0.883. The summed E-state index contributed by atoms with van der Waals surface area (Å²) in [6.07, 6.45) is -3.70. The van der Waals surface area contributed by atoms with Crippen molar-refractivity contribution in [2.45, 2.75) is 18.6 Å². The maximum absolute atomic E-state index is 12.4. The molecule has 0 bridgehead atoms. The number of likely N-dealkylation sites (tertiary alicyclic amines) is 1. The number of likely N-dealkylation sites (N-methyl/N-ethyl adjacent to an activating group) is 2. The Bertz CT molecular complexity index is 471. The average molecular weight is 276 g/mol. The van der Waals surface area contributed by atoms with Crippen molar-refractivity contribution in [1.29, 1.82) is 0 Å². The summed E-state index contributed by atoms with van der Waals surface area (Å²) in [6.45, 7) is 1.59. The van der Waals surface area contributed by atoms with Crippen molar-refractivity contribution in [3.05, 3.63) is 17.5 Å². The zero-order valence-electron chi connectivity index (χ0n) is 10.7. The first-order valence-electron chi connectivity index (χ1n) is 5.87. The van der Waals surface area contributed by atoms with Crippen LogP contribution in [0, 0.1) is 0 Å². The summed E-state index contributed by atoms with van der Waals surface area (Å²) in [5.41, 5.74) is -1.21. The van der Waals surface area contributed by atoms with Crippen LogP contribution in [0.5, 0.6) is 0 Å². The lowest BCUT2D eigenvalue weighted by Crippen LogP contribution is -2.38. The smallest absolute Gasteiger partial charge is 0.336 e. The summed E-state index contributed by atoms with van der Waals surface area (Å²) in [4.78, 5) is 15.6. The van der Waals surface area contributed by atoms with Crippen LogP contribution in [0.1, 0.15) is 22.6 Å². The predicted octanol–water partition coefficient (Wildman–Crippen LogP) is 1.20. The number of hydrogen-bond donors (Lipinski definition) is 1. The van der Waals surface area contributed by atoms with Gasteiger partial charge in [-0.3, -0.25) is 9.89 Å². The van der Waals surface area contributed by atoms with E-state index in [1.807, 2.05) is 12.1 Å². The fourth-order valence-electron chi connectivity index (χ4n) is 2.15. The molecule has 2 rings (SSSR count). The molecule has 5 nitrogen and oxygen atoms in total. The Hall–Kier alpha value is -1.57. The fourth-order valence-corrected chi connectivity index (χ4v) is 2.15. The van der Waals surface area contributed by atoms with Crippen molar-refractivity contribution in [2.75, 3.05) is 27.2 Å². The number of nitrogens with one attached hydrogen (secondary N) is 1. The van der Waals surface area contributed by atoms with Crippen LogP contribution in [0.2, 0.25) is 0 Å². The Morgan fingerprint density at radius 3 is 2.74 bits per heavy atom. The van der Waals surface area contributed by atoms with Gasteiger partial charge in [0.2, 0.25) is 0 Å². The zero-order chi connectivity index (χ0) is 14.2. The molecule has 8 heteroatoms. The van der Waals surface area contributed by atoms with Crippen LogP contribution in [0.3, 0.4) is 0 Å². The van der Waals surface area contributed by atoms with Crippen molar-refractivity contribution in [3.8, 4) is 0 Å². The summed E-state index contributed by atoms with van der Waals surface area (Å²) in [6, 6.07) is 0.765. The number of halogens is 3. The number of aromatic amines is 1. The molecule has 0 saturated carbocycles. The first-order valence-corrected chi connectivity index (χ1v) is 5.87. The van der Waals surface area contributed by atoms with Gasteiger partial charge in [0, 0.05) is 25.7 Å². The van der Waals surface area contributed by atoms with Crippen molar-refractivity contribution >= 4 is 5.91 Å². The maximum Gasteiger partial charge on any atom is 0.432 e. The van der Waals surface area contributed by atoms with Crippen LogP contribution < -0.4 is 0 Å². The predicted molar refractivity (Wildman–Crippen MR) is 61.6 cm³/mol. The van der Waals surface area contributed by atoms with Gasteiger partial charge >= 0.3 is 6.18 Å². The standard InChI is InChI=1S/C11H15F3N4O/c1-17-4-3-7(6-17)18(2)10(19)8-5-9(16-15-8)11(12,13)14/h5,7H,3-4,6H2,1-2H3,(H,15,16)/t7-/m1/s1. The highest BCUT2D eigenvalue weighted by Gasteiger charge is 2.35. The monoisotopic (exact) mass is 276 g/mol. The minimum absolute atomic E-state index is 0.0172.